The lowest BCUT2D eigenvalue weighted by atomic mass is 9.87. The number of Topliss-reactive ketones (excluding diaryl/α,β-unsaturated/α-hetero) is 1. The zero-order chi connectivity index (χ0) is 14.1. The van der Waals surface area contributed by atoms with Crippen LogP contribution < -0.4 is 0 Å². The van der Waals surface area contributed by atoms with Crippen molar-refractivity contribution >= 4 is 5.78 Å². The highest BCUT2D eigenvalue weighted by Gasteiger charge is 2.45. The Balaban J connectivity index is 1.85. The largest absolute Gasteiger partial charge is 0.391 e. The molecule has 0 aliphatic carbocycles. The Morgan fingerprint density at radius 3 is 2.55 bits per heavy atom. The average Bonchev–Trinajstić information content (AvgIpc) is 2.76. The van der Waals surface area contributed by atoms with E-state index in [1.54, 1.807) is 6.92 Å². The minimum absolute atomic E-state index is 0.0980. The highest BCUT2D eigenvalue weighted by Crippen LogP contribution is 2.39. The van der Waals surface area contributed by atoms with Gasteiger partial charge in [-0.15, -0.1) is 0 Å². The highest BCUT2D eigenvalue weighted by molar-refractivity contribution is 5.79. The number of carbonyl (C=O) groups is 1. The molecule has 20 heavy (non-hydrogen) atoms. The second-order valence-electron chi connectivity index (χ2n) is 6.23. The van der Waals surface area contributed by atoms with E-state index < -0.39 is 0 Å². The highest BCUT2D eigenvalue weighted by atomic mass is 16.3. The minimum Gasteiger partial charge on any atom is -0.391 e. The lowest BCUT2D eigenvalue weighted by Crippen LogP contribution is -2.43. The van der Waals surface area contributed by atoms with E-state index in [9.17, 15) is 9.90 Å². The summed E-state index contributed by atoms with van der Waals surface area (Å²) in [6, 6.07) is 10.9. The summed E-state index contributed by atoms with van der Waals surface area (Å²) in [5, 5.41) is 10.4. The molecule has 0 unspecified atom stereocenters. The van der Waals surface area contributed by atoms with Gasteiger partial charge in [-0.3, -0.25) is 9.69 Å². The summed E-state index contributed by atoms with van der Waals surface area (Å²) in [6.45, 7) is 2.55. The van der Waals surface area contributed by atoms with Crippen LogP contribution in [-0.4, -0.2) is 34.0 Å². The Morgan fingerprint density at radius 2 is 1.85 bits per heavy atom. The van der Waals surface area contributed by atoms with Crippen LogP contribution in [0.3, 0.4) is 0 Å². The zero-order valence-corrected chi connectivity index (χ0v) is 12.0. The average molecular weight is 273 g/mol. The van der Waals surface area contributed by atoms with Gasteiger partial charge in [0.05, 0.1) is 6.10 Å². The van der Waals surface area contributed by atoms with Gasteiger partial charge >= 0.3 is 0 Å². The molecule has 3 heteroatoms. The predicted octanol–water partition coefficient (Wildman–Crippen LogP) is 2.38. The Labute approximate surface area is 120 Å². The SMILES string of the molecule is CC(=O)[C@H]1CC[C@H](O)[C@@H]2CC[C@H]1N2Cc1ccccc1. The molecule has 0 aromatic heterocycles. The van der Waals surface area contributed by atoms with Crippen molar-refractivity contribution in [2.75, 3.05) is 0 Å². The van der Waals surface area contributed by atoms with Gasteiger partial charge in [-0.2, -0.15) is 0 Å². The molecule has 0 saturated carbocycles. The monoisotopic (exact) mass is 273 g/mol. The first kappa shape index (κ1) is 13.8. The minimum atomic E-state index is -0.284. The Hall–Kier alpha value is -1.19. The molecular weight excluding hydrogens is 250 g/mol. The molecule has 1 N–H and O–H groups in total. The number of benzene rings is 1. The molecule has 2 bridgehead atoms. The molecular formula is C17H23NO2. The lowest BCUT2D eigenvalue weighted by molar-refractivity contribution is -0.122. The number of rotatable bonds is 3. The molecule has 108 valence electrons. The van der Waals surface area contributed by atoms with Gasteiger partial charge in [-0.1, -0.05) is 30.3 Å². The number of hydrogen-bond donors (Lipinski definition) is 1. The fourth-order valence-electron chi connectivity index (χ4n) is 4.00. The number of nitrogens with zero attached hydrogens (tertiary/aromatic N) is 1. The number of aliphatic hydroxyl groups is 1. The third-order valence-electron chi connectivity index (χ3n) is 5.02. The number of hydrogen-bond acceptors (Lipinski definition) is 3. The summed E-state index contributed by atoms with van der Waals surface area (Å²) in [4.78, 5) is 14.3. The van der Waals surface area contributed by atoms with Crippen LogP contribution in [0.2, 0.25) is 0 Å². The number of ketones is 1. The summed E-state index contributed by atoms with van der Waals surface area (Å²) in [5.74, 6) is 0.378. The molecule has 2 saturated heterocycles. The molecule has 3 nitrogen and oxygen atoms in total. The summed E-state index contributed by atoms with van der Waals surface area (Å²) in [6.07, 6.45) is 3.37. The smallest absolute Gasteiger partial charge is 0.134 e. The van der Waals surface area contributed by atoms with Gasteiger partial charge in [-0.05, 0) is 38.2 Å². The second-order valence-corrected chi connectivity index (χ2v) is 6.23. The van der Waals surface area contributed by atoms with Crippen LogP contribution >= 0.6 is 0 Å². The molecule has 3 rings (SSSR count). The summed E-state index contributed by atoms with van der Waals surface area (Å²) >= 11 is 0. The molecule has 1 aromatic carbocycles. The molecule has 4 atom stereocenters. The van der Waals surface area contributed by atoms with Gasteiger partial charge in [0.2, 0.25) is 0 Å². The fraction of sp³-hybridized carbons (Fsp3) is 0.588. The summed E-state index contributed by atoms with van der Waals surface area (Å²) < 4.78 is 0. The van der Waals surface area contributed by atoms with Crippen molar-refractivity contribution < 1.29 is 9.90 Å². The van der Waals surface area contributed by atoms with E-state index in [0.717, 1.165) is 32.2 Å². The summed E-state index contributed by atoms with van der Waals surface area (Å²) in [7, 11) is 0. The molecule has 0 radical (unpaired) electrons. The standard InChI is InChI=1S/C17H23NO2/c1-12(19)14-7-10-17(20)16-9-8-15(14)18(16)11-13-5-3-2-4-6-13/h2-6,14-17,20H,7-11H2,1H3/t14-,15-,16+,17+/m1/s1. The van der Waals surface area contributed by atoms with Gasteiger partial charge in [0.25, 0.3) is 0 Å². The molecule has 2 aliphatic heterocycles. The van der Waals surface area contributed by atoms with Crippen LogP contribution in [0, 0.1) is 5.92 Å². The van der Waals surface area contributed by atoms with Crippen molar-refractivity contribution in [3.63, 3.8) is 0 Å². The van der Waals surface area contributed by atoms with Crippen LogP contribution in [-0.2, 0) is 11.3 Å². The molecule has 1 aromatic rings. The van der Waals surface area contributed by atoms with E-state index in [-0.39, 0.29) is 23.8 Å². The van der Waals surface area contributed by atoms with E-state index in [0.29, 0.717) is 6.04 Å². The molecule has 0 spiro atoms. The van der Waals surface area contributed by atoms with Crippen LogP contribution in [0.25, 0.3) is 0 Å². The quantitative estimate of drug-likeness (QED) is 0.919. The van der Waals surface area contributed by atoms with E-state index >= 15 is 0 Å². The molecule has 2 fully saturated rings. The van der Waals surface area contributed by atoms with Crippen LogP contribution in [0.4, 0.5) is 0 Å². The fourth-order valence-corrected chi connectivity index (χ4v) is 4.00. The van der Waals surface area contributed by atoms with Gasteiger partial charge in [-0.25, -0.2) is 0 Å². The Morgan fingerprint density at radius 1 is 1.15 bits per heavy atom. The molecule has 2 aliphatic rings. The molecule has 2 heterocycles. The van der Waals surface area contributed by atoms with Crippen molar-refractivity contribution in [1.29, 1.82) is 0 Å². The van der Waals surface area contributed by atoms with Crippen molar-refractivity contribution in [2.24, 2.45) is 5.92 Å². The van der Waals surface area contributed by atoms with Crippen LogP contribution in [0.1, 0.15) is 38.2 Å². The first-order chi connectivity index (χ1) is 9.66. The van der Waals surface area contributed by atoms with Crippen molar-refractivity contribution in [3.8, 4) is 0 Å². The van der Waals surface area contributed by atoms with Gasteiger partial charge in [0, 0.05) is 24.5 Å². The maximum atomic E-state index is 11.9. The van der Waals surface area contributed by atoms with Gasteiger partial charge in [0.1, 0.15) is 5.78 Å². The third-order valence-corrected chi connectivity index (χ3v) is 5.02. The maximum Gasteiger partial charge on any atom is 0.134 e. The lowest BCUT2D eigenvalue weighted by Gasteiger charge is -2.32. The van der Waals surface area contributed by atoms with Gasteiger partial charge < -0.3 is 5.11 Å². The molecule has 0 amide bonds. The van der Waals surface area contributed by atoms with Crippen molar-refractivity contribution in [1.82, 2.24) is 4.90 Å². The topological polar surface area (TPSA) is 40.5 Å². The second kappa shape index (κ2) is 5.66. The maximum absolute atomic E-state index is 11.9. The van der Waals surface area contributed by atoms with E-state index in [4.69, 9.17) is 0 Å². The van der Waals surface area contributed by atoms with E-state index in [1.165, 1.54) is 5.56 Å². The number of carbonyl (C=O) groups excluding carboxylic acids is 1. The Bertz CT molecular complexity index is 473. The third kappa shape index (κ3) is 2.52. The predicted molar refractivity (Wildman–Crippen MR) is 78.2 cm³/mol. The summed E-state index contributed by atoms with van der Waals surface area (Å²) in [5.41, 5.74) is 1.26. The van der Waals surface area contributed by atoms with Gasteiger partial charge in [0.15, 0.2) is 0 Å². The van der Waals surface area contributed by atoms with Crippen molar-refractivity contribution in [2.45, 2.75) is 57.3 Å². The van der Waals surface area contributed by atoms with Crippen molar-refractivity contribution in [3.05, 3.63) is 35.9 Å². The normalized spacial score (nSPS) is 33.9. The van der Waals surface area contributed by atoms with Crippen LogP contribution in [0.15, 0.2) is 30.3 Å². The first-order valence-electron chi connectivity index (χ1n) is 7.65. The van der Waals surface area contributed by atoms with E-state index in [1.807, 2.05) is 18.2 Å². The Kier molecular flexibility index (Phi) is 3.90. The van der Waals surface area contributed by atoms with E-state index in [2.05, 4.69) is 17.0 Å². The first-order valence-corrected chi connectivity index (χ1v) is 7.65. The zero-order valence-electron chi connectivity index (χ0n) is 12.0. The van der Waals surface area contributed by atoms with Crippen LogP contribution in [0.5, 0.6) is 0 Å². The number of fused-ring (bicyclic) bond motifs is 2. The number of aliphatic hydroxyl groups excluding tert-OH is 1.